The third-order valence-electron chi connectivity index (χ3n) is 2.44. The predicted molar refractivity (Wildman–Crippen MR) is 53.8 cm³/mol. The fraction of sp³-hybridized carbons (Fsp3) is 0.333. The standard InChI is InChI=1S/C9H10N2O2S/c10-7(12)9(2-3-9)8(13)11-6-1-4-14-5-6/h1,4-5H,2-3H2,(H2,10,12)(H,11,13). The molecule has 5 heteroatoms. The van der Waals surface area contributed by atoms with Gasteiger partial charge in [-0.05, 0) is 24.3 Å². The summed E-state index contributed by atoms with van der Waals surface area (Å²) >= 11 is 1.49. The number of carbonyl (C=O) groups excluding carboxylic acids is 2. The van der Waals surface area contributed by atoms with Crippen LogP contribution in [0.4, 0.5) is 5.69 Å². The van der Waals surface area contributed by atoms with Gasteiger partial charge in [-0.3, -0.25) is 9.59 Å². The third-order valence-corrected chi connectivity index (χ3v) is 3.12. The maximum absolute atomic E-state index is 11.6. The quantitative estimate of drug-likeness (QED) is 0.729. The van der Waals surface area contributed by atoms with Crippen molar-refractivity contribution in [3.05, 3.63) is 16.8 Å². The summed E-state index contributed by atoms with van der Waals surface area (Å²) < 4.78 is 0. The minimum Gasteiger partial charge on any atom is -0.369 e. The van der Waals surface area contributed by atoms with E-state index in [9.17, 15) is 9.59 Å². The highest BCUT2D eigenvalue weighted by Gasteiger charge is 2.55. The Kier molecular flexibility index (Phi) is 2.03. The van der Waals surface area contributed by atoms with E-state index in [-0.39, 0.29) is 5.91 Å². The van der Waals surface area contributed by atoms with Crippen molar-refractivity contribution in [2.75, 3.05) is 5.32 Å². The van der Waals surface area contributed by atoms with Gasteiger partial charge in [-0.15, -0.1) is 0 Å². The van der Waals surface area contributed by atoms with Crippen LogP contribution >= 0.6 is 11.3 Å². The van der Waals surface area contributed by atoms with E-state index in [1.54, 1.807) is 6.07 Å². The van der Waals surface area contributed by atoms with E-state index < -0.39 is 11.3 Å². The number of amides is 2. The monoisotopic (exact) mass is 210 g/mol. The molecule has 1 aromatic heterocycles. The molecule has 1 fully saturated rings. The first-order valence-corrected chi connectivity index (χ1v) is 5.23. The molecule has 1 aliphatic rings. The summed E-state index contributed by atoms with van der Waals surface area (Å²) in [6.07, 6.45) is 1.14. The van der Waals surface area contributed by atoms with E-state index in [0.29, 0.717) is 12.8 Å². The average Bonchev–Trinajstić information content (AvgIpc) is 2.81. The smallest absolute Gasteiger partial charge is 0.240 e. The first kappa shape index (κ1) is 9.21. The van der Waals surface area contributed by atoms with Gasteiger partial charge in [0.15, 0.2) is 0 Å². The molecule has 0 spiro atoms. The molecule has 1 aromatic rings. The van der Waals surface area contributed by atoms with Crippen LogP contribution in [0, 0.1) is 5.41 Å². The average molecular weight is 210 g/mol. The van der Waals surface area contributed by atoms with E-state index in [2.05, 4.69) is 5.32 Å². The van der Waals surface area contributed by atoms with Crippen molar-refractivity contribution in [3.8, 4) is 0 Å². The van der Waals surface area contributed by atoms with E-state index >= 15 is 0 Å². The lowest BCUT2D eigenvalue weighted by molar-refractivity contribution is -0.132. The van der Waals surface area contributed by atoms with Crippen LogP contribution in [0.3, 0.4) is 0 Å². The Bertz CT molecular complexity index is 368. The molecular formula is C9H10N2O2S. The van der Waals surface area contributed by atoms with E-state index in [1.165, 1.54) is 11.3 Å². The van der Waals surface area contributed by atoms with Crippen LogP contribution in [0.1, 0.15) is 12.8 Å². The first-order valence-electron chi connectivity index (χ1n) is 4.29. The Labute approximate surface area is 85.1 Å². The van der Waals surface area contributed by atoms with Gasteiger partial charge < -0.3 is 11.1 Å². The zero-order chi connectivity index (χ0) is 10.2. The molecule has 3 N–H and O–H groups in total. The van der Waals surface area contributed by atoms with Gasteiger partial charge in [-0.25, -0.2) is 0 Å². The third kappa shape index (κ3) is 1.39. The van der Waals surface area contributed by atoms with Gasteiger partial charge in [0.25, 0.3) is 0 Å². The zero-order valence-corrected chi connectivity index (χ0v) is 8.26. The van der Waals surface area contributed by atoms with Crippen LogP contribution in [-0.2, 0) is 9.59 Å². The predicted octanol–water partition coefficient (Wildman–Crippen LogP) is 0.952. The molecule has 4 nitrogen and oxygen atoms in total. The minimum absolute atomic E-state index is 0.275. The number of nitrogens with one attached hydrogen (secondary N) is 1. The minimum atomic E-state index is -0.929. The van der Waals surface area contributed by atoms with Crippen molar-refractivity contribution in [1.82, 2.24) is 0 Å². The summed E-state index contributed by atoms with van der Waals surface area (Å²) in [6.45, 7) is 0. The fourth-order valence-corrected chi connectivity index (χ4v) is 1.88. The Morgan fingerprint density at radius 3 is 2.64 bits per heavy atom. The Balaban J connectivity index is 2.07. The van der Waals surface area contributed by atoms with E-state index in [4.69, 9.17) is 5.73 Å². The van der Waals surface area contributed by atoms with Gasteiger partial charge in [0.2, 0.25) is 11.8 Å². The highest BCUT2D eigenvalue weighted by Crippen LogP contribution is 2.46. The molecule has 2 amide bonds. The second-order valence-electron chi connectivity index (χ2n) is 3.41. The highest BCUT2D eigenvalue weighted by molar-refractivity contribution is 7.08. The van der Waals surface area contributed by atoms with Gasteiger partial charge in [0.1, 0.15) is 5.41 Å². The summed E-state index contributed by atoms with van der Waals surface area (Å²) in [5.74, 6) is -0.798. The van der Waals surface area contributed by atoms with E-state index in [1.807, 2.05) is 10.8 Å². The molecule has 1 heterocycles. The van der Waals surface area contributed by atoms with Crippen molar-refractivity contribution in [1.29, 1.82) is 0 Å². The Morgan fingerprint density at radius 2 is 2.21 bits per heavy atom. The van der Waals surface area contributed by atoms with Crippen LogP contribution in [0.5, 0.6) is 0 Å². The molecule has 14 heavy (non-hydrogen) atoms. The summed E-state index contributed by atoms with van der Waals surface area (Å²) in [7, 11) is 0. The lowest BCUT2D eigenvalue weighted by Crippen LogP contribution is -2.36. The fourth-order valence-electron chi connectivity index (χ4n) is 1.30. The number of nitrogens with two attached hydrogens (primary N) is 1. The molecule has 0 radical (unpaired) electrons. The van der Waals surface area contributed by atoms with Crippen molar-refractivity contribution >= 4 is 28.8 Å². The van der Waals surface area contributed by atoms with Crippen LogP contribution in [-0.4, -0.2) is 11.8 Å². The Hall–Kier alpha value is -1.36. The van der Waals surface area contributed by atoms with Crippen LogP contribution in [0.25, 0.3) is 0 Å². The Morgan fingerprint density at radius 1 is 1.50 bits per heavy atom. The molecule has 74 valence electrons. The topological polar surface area (TPSA) is 72.2 Å². The molecule has 0 atom stereocenters. The second-order valence-corrected chi connectivity index (χ2v) is 4.19. The van der Waals surface area contributed by atoms with Crippen molar-refractivity contribution in [3.63, 3.8) is 0 Å². The maximum atomic E-state index is 11.6. The van der Waals surface area contributed by atoms with Crippen molar-refractivity contribution in [2.24, 2.45) is 11.1 Å². The van der Waals surface area contributed by atoms with Crippen LogP contribution in [0.15, 0.2) is 16.8 Å². The van der Waals surface area contributed by atoms with Crippen LogP contribution in [0.2, 0.25) is 0 Å². The van der Waals surface area contributed by atoms with Gasteiger partial charge >= 0.3 is 0 Å². The lowest BCUT2D eigenvalue weighted by atomic mass is 10.1. The number of primary amides is 1. The SMILES string of the molecule is NC(=O)C1(C(=O)Nc2ccsc2)CC1. The molecule has 1 saturated carbocycles. The number of rotatable bonds is 3. The van der Waals surface area contributed by atoms with Gasteiger partial charge in [-0.1, -0.05) is 0 Å². The highest BCUT2D eigenvalue weighted by atomic mass is 32.1. The number of hydrogen-bond donors (Lipinski definition) is 2. The number of anilines is 1. The molecule has 0 aliphatic heterocycles. The summed E-state index contributed by atoms with van der Waals surface area (Å²) in [4.78, 5) is 22.6. The number of hydrogen-bond acceptors (Lipinski definition) is 3. The lowest BCUT2D eigenvalue weighted by Gasteiger charge is -2.09. The van der Waals surface area contributed by atoms with Gasteiger partial charge in [0, 0.05) is 5.38 Å². The molecule has 0 bridgehead atoms. The number of carbonyl (C=O) groups is 2. The summed E-state index contributed by atoms with van der Waals surface area (Å²) in [6, 6.07) is 1.79. The first-order chi connectivity index (χ1) is 6.65. The summed E-state index contributed by atoms with van der Waals surface area (Å²) in [5.41, 5.74) is 4.97. The molecule has 2 rings (SSSR count). The molecular weight excluding hydrogens is 200 g/mol. The van der Waals surface area contributed by atoms with Gasteiger partial charge in [0.05, 0.1) is 5.69 Å². The van der Waals surface area contributed by atoms with Crippen molar-refractivity contribution in [2.45, 2.75) is 12.8 Å². The largest absolute Gasteiger partial charge is 0.369 e. The summed E-state index contributed by atoms with van der Waals surface area (Å²) in [5, 5.41) is 6.35. The molecule has 0 aromatic carbocycles. The zero-order valence-electron chi connectivity index (χ0n) is 7.45. The second kappa shape index (κ2) is 3.09. The molecule has 0 saturated heterocycles. The molecule has 0 unspecified atom stereocenters. The van der Waals surface area contributed by atoms with E-state index in [0.717, 1.165) is 5.69 Å². The van der Waals surface area contributed by atoms with Gasteiger partial charge in [-0.2, -0.15) is 11.3 Å². The number of thiophene rings is 1. The van der Waals surface area contributed by atoms with Crippen LogP contribution < -0.4 is 11.1 Å². The van der Waals surface area contributed by atoms with Crippen molar-refractivity contribution < 1.29 is 9.59 Å². The molecule has 1 aliphatic carbocycles. The normalized spacial score (nSPS) is 17.4. The maximum Gasteiger partial charge on any atom is 0.240 e.